The van der Waals surface area contributed by atoms with Crippen LogP contribution in [0, 0.1) is 0 Å². The van der Waals surface area contributed by atoms with E-state index < -0.39 is 22.5 Å². The Morgan fingerprint density at radius 2 is 2.31 bits per heavy atom. The van der Waals surface area contributed by atoms with Crippen molar-refractivity contribution < 1.29 is 17.9 Å². The first kappa shape index (κ1) is 13.9. The van der Waals surface area contributed by atoms with Gasteiger partial charge in [0.1, 0.15) is 10.8 Å². The summed E-state index contributed by atoms with van der Waals surface area (Å²) in [6.45, 7) is -0.411. The Balaban J connectivity index is 2.82. The molecule has 0 bridgehead atoms. The molecule has 5 nitrogen and oxygen atoms in total. The third-order valence-electron chi connectivity index (χ3n) is 1.52. The normalized spacial score (nSPS) is 11.4. The van der Waals surface area contributed by atoms with Gasteiger partial charge < -0.3 is 4.74 Å². The van der Waals surface area contributed by atoms with Gasteiger partial charge in [-0.15, -0.1) is 11.3 Å². The number of hydrogen-bond acceptors (Lipinski definition) is 5. The van der Waals surface area contributed by atoms with Crippen molar-refractivity contribution in [2.45, 2.75) is 4.21 Å². The van der Waals surface area contributed by atoms with Crippen LogP contribution in [-0.4, -0.2) is 28.0 Å². The summed E-state index contributed by atoms with van der Waals surface area (Å²) in [7, 11) is -2.54. The van der Waals surface area contributed by atoms with Gasteiger partial charge in [0.15, 0.2) is 0 Å². The van der Waals surface area contributed by atoms with Crippen molar-refractivity contribution >= 4 is 54.9 Å². The van der Waals surface area contributed by atoms with Crippen LogP contribution in [-0.2, 0) is 19.6 Å². The lowest BCUT2D eigenvalue weighted by Crippen LogP contribution is -2.29. The number of rotatable bonds is 4. The number of esters is 1. The Bertz CT molecular complexity index is 479. The van der Waals surface area contributed by atoms with Crippen LogP contribution >= 0.6 is 38.9 Å². The lowest BCUT2D eigenvalue weighted by molar-refractivity contribution is -0.139. The average Bonchev–Trinajstić information content (AvgIpc) is 2.56. The number of hydrogen-bond donors (Lipinski definition) is 1. The summed E-state index contributed by atoms with van der Waals surface area (Å²) in [5, 5.41) is 0.309. The minimum atomic E-state index is -3.71. The van der Waals surface area contributed by atoms with Crippen LogP contribution in [0.5, 0.6) is 0 Å². The predicted molar refractivity (Wildman–Crippen MR) is 64.2 cm³/mol. The Labute approximate surface area is 110 Å². The van der Waals surface area contributed by atoms with Gasteiger partial charge in [0.25, 0.3) is 10.0 Å². The third kappa shape index (κ3) is 3.42. The Morgan fingerprint density at radius 3 is 2.75 bits per heavy atom. The molecule has 16 heavy (non-hydrogen) atoms. The zero-order chi connectivity index (χ0) is 12.3. The van der Waals surface area contributed by atoms with Crippen molar-refractivity contribution in [1.29, 1.82) is 0 Å². The number of sulfonamides is 1. The molecule has 0 fully saturated rings. The molecule has 0 amide bonds. The van der Waals surface area contributed by atoms with E-state index in [0.29, 0.717) is 8.81 Å². The lowest BCUT2D eigenvalue weighted by atomic mass is 10.7. The molecule has 0 unspecified atom stereocenters. The molecule has 0 aliphatic heterocycles. The maximum atomic E-state index is 11.6. The highest BCUT2D eigenvalue weighted by molar-refractivity contribution is 9.11. The molecule has 1 aromatic rings. The van der Waals surface area contributed by atoms with Gasteiger partial charge in [0, 0.05) is 0 Å². The molecule has 1 aromatic heterocycles. The number of carbonyl (C=O) groups is 1. The smallest absolute Gasteiger partial charge is 0.320 e. The largest absolute Gasteiger partial charge is 0.468 e. The second-order valence-corrected chi connectivity index (χ2v) is 7.36. The van der Waals surface area contributed by atoms with E-state index in [4.69, 9.17) is 11.6 Å². The van der Waals surface area contributed by atoms with E-state index in [1.807, 2.05) is 0 Å². The Morgan fingerprint density at radius 1 is 1.69 bits per heavy atom. The number of nitrogens with one attached hydrogen (secondary N) is 1. The minimum Gasteiger partial charge on any atom is -0.468 e. The molecule has 1 N–H and O–H groups in total. The van der Waals surface area contributed by atoms with Gasteiger partial charge in [-0.05, 0) is 22.0 Å². The molecule has 1 heterocycles. The quantitative estimate of drug-likeness (QED) is 0.839. The second kappa shape index (κ2) is 5.46. The fraction of sp³-hybridized carbons (Fsp3) is 0.286. The van der Waals surface area contributed by atoms with Crippen molar-refractivity contribution in [2.75, 3.05) is 13.7 Å². The molecule has 0 atom stereocenters. The van der Waals surface area contributed by atoms with Crippen LogP contribution in [0.2, 0.25) is 5.02 Å². The predicted octanol–water partition coefficient (Wildman–Crippen LogP) is 1.62. The lowest BCUT2D eigenvalue weighted by Gasteiger charge is -2.02. The molecular formula is C7H7BrClNO4S2. The Kier molecular flexibility index (Phi) is 4.74. The Hall–Kier alpha value is -0.150. The van der Waals surface area contributed by atoms with Gasteiger partial charge in [-0.2, -0.15) is 4.72 Å². The van der Waals surface area contributed by atoms with Gasteiger partial charge in [0.05, 0.1) is 15.9 Å². The molecular weight excluding hydrogens is 342 g/mol. The van der Waals surface area contributed by atoms with Gasteiger partial charge in [-0.25, -0.2) is 8.42 Å². The molecule has 0 radical (unpaired) electrons. The minimum absolute atomic E-state index is 0.0354. The zero-order valence-corrected chi connectivity index (χ0v) is 12.0. The summed E-state index contributed by atoms with van der Waals surface area (Å²) < 4.78 is 30.2. The molecule has 0 aliphatic carbocycles. The van der Waals surface area contributed by atoms with Crippen molar-refractivity contribution in [3.05, 3.63) is 14.9 Å². The van der Waals surface area contributed by atoms with Crippen molar-refractivity contribution in [1.82, 2.24) is 4.72 Å². The van der Waals surface area contributed by atoms with E-state index in [1.165, 1.54) is 13.2 Å². The van der Waals surface area contributed by atoms with Gasteiger partial charge in [0.2, 0.25) is 0 Å². The van der Waals surface area contributed by atoms with Gasteiger partial charge >= 0.3 is 5.97 Å². The first-order valence-electron chi connectivity index (χ1n) is 3.88. The third-order valence-corrected chi connectivity index (χ3v) is 5.87. The first-order valence-corrected chi connectivity index (χ1v) is 7.35. The van der Waals surface area contributed by atoms with Crippen LogP contribution < -0.4 is 4.72 Å². The molecule has 90 valence electrons. The van der Waals surface area contributed by atoms with Crippen molar-refractivity contribution in [3.63, 3.8) is 0 Å². The molecule has 0 spiro atoms. The zero-order valence-electron chi connectivity index (χ0n) is 7.99. The molecule has 0 saturated heterocycles. The maximum absolute atomic E-state index is 11.6. The number of methoxy groups -OCH3 is 1. The van der Waals surface area contributed by atoms with Gasteiger partial charge in [-0.1, -0.05) is 11.6 Å². The summed E-state index contributed by atoms with van der Waals surface area (Å²) >= 11 is 9.77. The number of thiophene rings is 1. The topological polar surface area (TPSA) is 72.5 Å². The number of halogens is 2. The summed E-state index contributed by atoms with van der Waals surface area (Å²) in [6.07, 6.45) is 0. The van der Waals surface area contributed by atoms with Crippen molar-refractivity contribution in [3.8, 4) is 0 Å². The summed E-state index contributed by atoms with van der Waals surface area (Å²) in [5.74, 6) is -0.662. The van der Waals surface area contributed by atoms with E-state index in [2.05, 4.69) is 25.4 Å². The van der Waals surface area contributed by atoms with Crippen molar-refractivity contribution in [2.24, 2.45) is 0 Å². The van der Waals surface area contributed by atoms with Crippen LogP contribution in [0.25, 0.3) is 0 Å². The van der Waals surface area contributed by atoms with E-state index >= 15 is 0 Å². The highest BCUT2D eigenvalue weighted by Crippen LogP contribution is 2.34. The number of ether oxygens (including phenoxy) is 1. The monoisotopic (exact) mass is 347 g/mol. The first-order chi connectivity index (χ1) is 7.36. The average molecular weight is 349 g/mol. The van der Waals surface area contributed by atoms with Crippen LogP contribution in [0.4, 0.5) is 0 Å². The van der Waals surface area contributed by atoms with E-state index in [-0.39, 0.29) is 4.21 Å². The summed E-state index contributed by atoms with van der Waals surface area (Å²) in [4.78, 5) is 10.8. The van der Waals surface area contributed by atoms with E-state index in [9.17, 15) is 13.2 Å². The van der Waals surface area contributed by atoms with Crippen LogP contribution in [0.1, 0.15) is 0 Å². The summed E-state index contributed by atoms with van der Waals surface area (Å²) in [5.41, 5.74) is 0. The molecule has 1 rings (SSSR count). The highest BCUT2D eigenvalue weighted by atomic mass is 79.9. The molecule has 0 aromatic carbocycles. The standard InChI is InChI=1S/C7H7BrClNO4S2/c1-14-5(11)3-10-16(12,13)6-2-4(9)7(8)15-6/h2,10H,3H2,1H3. The number of carbonyl (C=O) groups excluding carboxylic acids is 1. The SMILES string of the molecule is COC(=O)CNS(=O)(=O)c1cc(Cl)c(Br)s1. The fourth-order valence-electron chi connectivity index (χ4n) is 0.756. The molecule has 9 heteroatoms. The second-order valence-electron chi connectivity index (χ2n) is 2.59. The molecule has 0 saturated carbocycles. The van der Waals surface area contributed by atoms with Crippen LogP contribution in [0.3, 0.4) is 0 Å². The van der Waals surface area contributed by atoms with Gasteiger partial charge in [-0.3, -0.25) is 4.79 Å². The highest BCUT2D eigenvalue weighted by Gasteiger charge is 2.19. The van der Waals surface area contributed by atoms with Crippen LogP contribution in [0.15, 0.2) is 14.1 Å². The van der Waals surface area contributed by atoms with E-state index in [0.717, 1.165) is 11.3 Å². The maximum Gasteiger partial charge on any atom is 0.320 e. The van der Waals surface area contributed by atoms with E-state index in [1.54, 1.807) is 0 Å². The fourth-order valence-corrected chi connectivity index (χ4v) is 4.17. The molecule has 0 aliphatic rings. The summed E-state index contributed by atoms with van der Waals surface area (Å²) in [6, 6.07) is 1.30.